The number of aromatic nitrogens is 1. The summed E-state index contributed by atoms with van der Waals surface area (Å²) in [6, 6.07) is -0.468. The second-order valence-corrected chi connectivity index (χ2v) is 4.47. The molecule has 0 aliphatic heterocycles. The van der Waals surface area contributed by atoms with Crippen LogP contribution in [0.1, 0.15) is 31.4 Å². The molecule has 15 heavy (non-hydrogen) atoms. The van der Waals surface area contributed by atoms with Crippen LogP contribution in [0.5, 0.6) is 0 Å². The molecular formula is C9H14ClN3OS. The molecule has 84 valence electrons. The monoisotopic (exact) mass is 247 g/mol. The van der Waals surface area contributed by atoms with Crippen molar-refractivity contribution in [3.05, 3.63) is 11.2 Å². The second-order valence-electron chi connectivity index (χ2n) is 3.62. The SMILES string of the molecule is C[C@@H](N)C(=O)Nc1scnc1C1CC1.Cl. The zero-order valence-electron chi connectivity index (χ0n) is 8.40. The van der Waals surface area contributed by atoms with Gasteiger partial charge < -0.3 is 11.1 Å². The Morgan fingerprint density at radius 3 is 2.93 bits per heavy atom. The normalized spacial score (nSPS) is 16.7. The fourth-order valence-electron chi connectivity index (χ4n) is 1.22. The molecule has 1 saturated carbocycles. The van der Waals surface area contributed by atoms with Gasteiger partial charge in [0, 0.05) is 5.92 Å². The molecule has 0 bridgehead atoms. The summed E-state index contributed by atoms with van der Waals surface area (Å²) in [7, 11) is 0. The number of amides is 1. The van der Waals surface area contributed by atoms with E-state index in [0.29, 0.717) is 5.92 Å². The molecule has 0 unspecified atom stereocenters. The lowest BCUT2D eigenvalue weighted by atomic mass is 10.3. The van der Waals surface area contributed by atoms with Crippen molar-refractivity contribution >= 4 is 34.7 Å². The molecule has 1 amide bonds. The number of rotatable bonds is 3. The van der Waals surface area contributed by atoms with Crippen molar-refractivity contribution in [2.75, 3.05) is 5.32 Å². The molecule has 1 aromatic rings. The van der Waals surface area contributed by atoms with Crippen molar-refractivity contribution in [2.24, 2.45) is 5.73 Å². The highest BCUT2D eigenvalue weighted by Crippen LogP contribution is 2.43. The zero-order valence-corrected chi connectivity index (χ0v) is 10.0. The number of carbonyl (C=O) groups excluding carboxylic acids is 1. The van der Waals surface area contributed by atoms with Gasteiger partial charge in [-0.05, 0) is 19.8 Å². The molecule has 0 spiro atoms. The van der Waals surface area contributed by atoms with Crippen LogP contribution in [0, 0.1) is 0 Å². The fourth-order valence-corrected chi connectivity index (χ4v) is 1.99. The van der Waals surface area contributed by atoms with Crippen LogP contribution in [0.4, 0.5) is 5.00 Å². The van der Waals surface area contributed by atoms with Crippen LogP contribution in [0.15, 0.2) is 5.51 Å². The van der Waals surface area contributed by atoms with Gasteiger partial charge in [-0.3, -0.25) is 4.79 Å². The van der Waals surface area contributed by atoms with Crippen LogP contribution < -0.4 is 11.1 Å². The molecule has 6 heteroatoms. The molecule has 1 heterocycles. The average molecular weight is 248 g/mol. The highest BCUT2D eigenvalue weighted by molar-refractivity contribution is 7.14. The quantitative estimate of drug-likeness (QED) is 0.855. The largest absolute Gasteiger partial charge is 0.320 e. The third-order valence-corrected chi connectivity index (χ3v) is 2.97. The number of carbonyl (C=O) groups is 1. The van der Waals surface area contributed by atoms with E-state index >= 15 is 0 Å². The Morgan fingerprint density at radius 1 is 1.73 bits per heavy atom. The minimum Gasteiger partial charge on any atom is -0.320 e. The Kier molecular flexibility index (Phi) is 4.07. The Morgan fingerprint density at radius 2 is 2.40 bits per heavy atom. The maximum absolute atomic E-state index is 11.3. The Bertz CT molecular complexity index is 349. The Balaban J connectivity index is 0.00000112. The Hall–Kier alpha value is -0.650. The maximum Gasteiger partial charge on any atom is 0.241 e. The third kappa shape index (κ3) is 2.90. The van der Waals surface area contributed by atoms with Gasteiger partial charge in [0.15, 0.2) is 0 Å². The summed E-state index contributed by atoms with van der Waals surface area (Å²) in [4.78, 5) is 15.6. The molecule has 1 aliphatic rings. The molecule has 1 aliphatic carbocycles. The highest BCUT2D eigenvalue weighted by atomic mass is 35.5. The van der Waals surface area contributed by atoms with Crippen LogP contribution in [0.3, 0.4) is 0 Å². The summed E-state index contributed by atoms with van der Waals surface area (Å²) in [6.45, 7) is 1.67. The van der Waals surface area contributed by atoms with E-state index in [-0.39, 0.29) is 18.3 Å². The summed E-state index contributed by atoms with van der Waals surface area (Å²) in [5, 5.41) is 3.67. The van der Waals surface area contributed by atoms with Crippen molar-refractivity contribution in [1.29, 1.82) is 0 Å². The molecule has 2 rings (SSSR count). The highest BCUT2D eigenvalue weighted by Gasteiger charge is 2.29. The van der Waals surface area contributed by atoms with Crippen molar-refractivity contribution in [3.8, 4) is 0 Å². The lowest BCUT2D eigenvalue weighted by Gasteiger charge is -2.06. The van der Waals surface area contributed by atoms with Gasteiger partial charge in [0.05, 0.1) is 17.2 Å². The van der Waals surface area contributed by atoms with Crippen molar-refractivity contribution in [2.45, 2.75) is 31.7 Å². The lowest BCUT2D eigenvalue weighted by Crippen LogP contribution is -2.32. The number of hydrogen-bond donors (Lipinski definition) is 2. The van der Waals surface area contributed by atoms with E-state index < -0.39 is 6.04 Å². The lowest BCUT2D eigenvalue weighted by molar-refractivity contribution is -0.117. The van der Waals surface area contributed by atoms with E-state index in [0.717, 1.165) is 10.7 Å². The molecule has 1 atom stereocenters. The predicted molar refractivity (Wildman–Crippen MR) is 63.6 cm³/mol. The number of nitrogens with zero attached hydrogens (tertiary/aromatic N) is 1. The minimum atomic E-state index is -0.468. The first kappa shape index (κ1) is 12.4. The maximum atomic E-state index is 11.3. The molecule has 3 N–H and O–H groups in total. The van der Waals surface area contributed by atoms with E-state index in [4.69, 9.17) is 5.73 Å². The molecule has 0 aromatic carbocycles. The van der Waals surface area contributed by atoms with Gasteiger partial charge in [-0.15, -0.1) is 23.7 Å². The molecule has 1 aromatic heterocycles. The number of thiazole rings is 1. The van der Waals surface area contributed by atoms with Gasteiger partial charge in [0.1, 0.15) is 5.00 Å². The summed E-state index contributed by atoms with van der Waals surface area (Å²) in [5.41, 5.74) is 8.27. The van der Waals surface area contributed by atoms with Crippen molar-refractivity contribution in [3.63, 3.8) is 0 Å². The minimum absolute atomic E-state index is 0. The molecule has 4 nitrogen and oxygen atoms in total. The number of halogens is 1. The second kappa shape index (κ2) is 4.92. The number of nitrogens with one attached hydrogen (secondary N) is 1. The van der Waals surface area contributed by atoms with Gasteiger partial charge >= 0.3 is 0 Å². The molecule has 0 saturated heterocycles. The topological polar surface area (TPSA) is 68.0 Å². The molecule has 0 radical (unpaired) electrons. The van der Waals surface area contributed by atoms with E-state index in [2.05, 4.69) is 10.3 Å². The van der Waals surface area contributed by atoms with Crippen LogP contribution in [-0.4, -0.2) is 16.9 Å². The summed E-state index contributed by atoms with van der Waals surface area (Å²) < 4.78 is 0. The number of nitrogens with two attached hydrogens (primary N) is 1. The van der Waals surface area contributed by atoms with Gasteiger partial charge in [0.25, 0.3) is 0 Å². The van der Waals surface area contributed by atoms with E-state index in [1.807, 2.05) is 0 Å². The number of anilines is 1. The van der Waals surface area contributed by atoms with Gasteiger partial charge in [0.2, 0.25) is 5.91 Å². The Labute approximate surface area is 98.7 Å². The van der Waals surface area contributed by atoms with E-state index in [1.165, 1.54) is 24.2 Å². The zero-order chi connectivity index (χ0) is 10.1. The standard InChI is InChI=1S/C9H13N3OS.ClH/c1-5(10)8(13)12-9-7(6-2-3-6)11-4-14-9;/h4-6H,2-3,10H2,1H3,(H,12,13);1H/t5-;/m1./s1. The van der Waals surface area contributed by atoms with Crippen LogP contribution in [-0.2, 0) is 4.79 Å². The van der Waals surface area contributed by atoms with Crippen molar-refractivity contribution < 1.29 is 4.79 Å². The molecule has 1 fully saturated rings. The summed E-state index contributed by atoms with van der Waals surface area (Å²) >= 11 is 1.46. The van der Waals surface area contributed by atoms with Crippen LogP contribution in [0.25, 0.3) is 0 Å². The van der Waals surface area contributed by atoms with E-state index in [1.54, 1.807) is 12.4 Å². The number of hydrogen-bond acceptors (Lipinski definition) is 4. The smallest absolute Gasteiger partial charge is 0.241 e. The first-order valence-electron chi connectivity index (χ1n) is 4.68. The van der Waals surface area contributed by atoms with Gasteiger partial charge in [-0.2, -0.15) is 0 Å². The van der Waals surface area contributed by atoms with Crippen LogP contribution in [0.2, 0.25) is 0 Å². The van der Waals surface area contributed by atoms with Crippen LogP contribution >= 0.6 is 23.7 Å². The third-order valence-electron chi connectivity index (χ3n) is 2.21. The predicted octanol–water partition coefficient (Wildman–Crippen LogP) is 1.73. The first-order chi connectivity index (χ1) is 6.68. The van der Waals surface area contributed by atoms with Gasteiger partial charge in [-0.1, -0.05) is 0 Å². The fraction of sp³-hybridized carbons (Fsp3) is 0.556. The van der Waals surface area contributed by atoms with Crippen molar-refractivity contribution in [1.82, 2.24) is 4.98 Å². The average Bonchev–Trinajstić information content (AvgIpc) is 2.88. The van der Waals surface area contributed by atoms with E-state index in [9.17, 15) is 4.79 Å². The first-order valence-corrected chi connectivity index (χ1v) is 5.56. The summed E-state index contributed by atoms with van der Waals surface area (Å²) in [6.07, 6.45) is 2.37. The van der Waals surface area contributed by atoms with Gasteiger partial charge in [-0.25, -0.2) is 4.98 Å². The summed E-state index contributed by atoms with van der Waals surface area (Å²) in [5.74, 6) is 0.417. The molecular weight excluding hydrogens is 234 g/mol.